The van der Waals surface area contributed by atoms with E-state index in [4.69, 9.17) is 5.26 Å². The van der Waals surface area contributed by atoms with Crippen LogP contribution in [0.25, 0.3) is 0 Å². The van der Waals surface area contributed by atoms with E-state index < -0.39 is 0 Å². The van der Waals surface area contributed by atoms with Gasteiger partial charge in [0.05, 0.1) is 11.6 Å². The van der Waals surface area contributed by atoms with Crippen LogP contribution < -0.4 is 0 Å². The number of halogens is 1. The highest BCUT2D eigenvalue weighted by molar-refractivity contribution is 5.32. The first kappa shape index (κ1) is 7.74. The van der Waals surface area contributed by atoms with Crippen molar-refractivity contribution in [3.63, 3.8) is 0 Å². The van der Waals surface area contributed by atoms with E-state index in [0.717, 1.165) is 0 Å². The molecule has 0 saturated carbocycles. The van der Waals surface area contributed by atoms with Gasteiger partial charge in [-0.2, -0.15) is 5.26 Å². The Morgan fingerprint density at radius 3 is 2.73 bits per heavy atom. The molecule has 0 aliphatic heterocycles. The van der Waals surface area contributed by atoms with Gasteiger partial charge in [-0.25, -0.2) is 4.39 Å². The molecule has 0 N–H and O–H groups in total. The molecule has 11 heavy (non-hydrogen) atoms. The summed E-state index contributed by atoms with van der Waals surface area (Å²) in [6.45, 7) is 3.55. The molecule has 2 heteroatoms. The third kappa shape index (κ3) is 1.56. The molecular formula is C9H7FN. The molecular weight excluding hydrogens is 141 g/mol. The first-order valence-electron chi connectivity index (χ1n) is 3.25. The summed E-state index contributed by atoms with van der Waals surface area (Å²) < 4.78 is 12.8. The van der Waals surface area contributed by atoms with Crippen LogP contribution in [-0.2, 0) is 6.42 Å². The van der Waals surface area contributed by atoms with Gasteiger partial charge in [0.15, 0.2) is 0 Å². The zero-order valence-electron chi connectivity index (χ0n) is 5.97. The van der Waals surface area contributed by atoms with Crippen LogP contribution in [0, 0.1) is 24.1 Å². The monoisotopic (exact) mass is 148 g/mol. The summed E-state index contributed by atoms with van der Waals surface area (Å²) in [5, 5.41) is 8.39. The lowest BCUT2D eigenvalue weighted by molar-refractivity contribution is 0.614. The van der Waals surface area contributed by atoms with Gasteiger partial charge in [-0.15, -0.1) is 0 Å². The molecule has 1 nitrogen and oxygen atoms in total. The zero-order chi connectivity index (χ0) is 8.27. The Hall–Kier alpha value is -1.36. The number of hydrogen-bond acceptors (Lipinski definition) is 1. The van der Waals surface area contributed by atoms with Crippen LogP contribution >= 0.6 is 0 Å². The molecule has 1 radical (unpaired) electrons. The van der Waals surface area contributed by atoms with Crippen LogP contribution in [0.2, 0.25) is 0 Å². The lowest BCUT2D eigenvalue weighted by Crippen LogP contribution is -1.87. The zero-order valence-corrected chi connectivity index (χ0v) is 5.97. The predicted octanol–water partition coefficient (Wildman–Crippen LogP) is 2.07. The lowest BCUT2D eigenvalue weighted by Gasteiger charge is -1.97. The Balaban J connectivity index is 3.12. The van der Waals surface area contributed by atoms with Crippen LogP contribution in [-0.4, -0.2) is 0 Å². The maximum Gasteiger partial charge on any atom is 0.127 e. The molecule has 0 spiro atoms. The molecule has 1 aromatic carbocycles. The molecule has 0 aromatic heterocycles. The van der Waals surface area contributed by atoms with Crippen molar-refractivity contribution in [1.82, 2.24) is 0 Å². The molecule has 0 amide bonds. The Labute approximate surface area is 65.1 Å². The first-order valence-corrected chi connectivity index (χ1v) is 3.25. The van der Waals surface area contributed by atoms with Crippen molar-refractivity contribution >= 4 is 0 Å². The average Bonchev–Trinajstić information content (AvgIpc) is 2.04. The topological polar surface area (TPSA) is 23.8 Å². The minimum Gasteiger partial charge on any atom is -0.207 e. The van der Waals surface area contributed by atoms with Gasteiger partial charge in [0, 0.05) is 0 Å². The van der Waals surface area contributed by atoms with Crippen molar-refractivity contribution in [2.45, 2.75) is 6.42 Å². The normalized spacial score (nSPS) is 9.18. The largest absolute Gasteiger partial charge is 0.207 e. The summed E-state index contributed by atoms with van der Waals surface area (Å²) in [7, 11) is 0. The predicted molar refractivity (Wildman–Crippen MR) is 40.2 cm³/mol. The molecule has 55 valence electrons. The fourth-order valence-electron chi connectivity index (χ4n) is 0.820. The fourth-order valence-corrected chi connectivity index (χ4v) is 0.820. The lowest BCUT2D eigenvalue weighted by atomic mass is 10.1. The van der Waals surface area contributed by atoms with Gasteiger partial charge >= 0.3 is 0 Å². The second-order valence-electron chi connectivity index (χ2n) is 2.17. The first-order chi connectivity index (χ1) is 5.27. The average molecular weight is 148 g/mol. The van der Waals surface area contributed by atoms with Gasteiger partial charge in [0.1, 0.15) is 5.82 Å². The molecule has 1 aromatic rings. The Morgan fingerprint density at radius 2 is 2.27 bits per heavy atom. The summed E-state index contributed by atoms with van der Waals surface area (Å²) >= 11 is 0. The van der Waals surface area contributed by atoms with Crippen LogP contribution in [0.15, 0.2) is 18.2 Å². The van der Waals surface area contributed by atoms with Gasteiger partial charge in [0.25, 0.3) is 0 Å². The maximum atomic E-state index is 12.8. The van der Waals surface area contributed by atoms with E-state index in [2.05, 4.69) is 6.92 Å². The smallest absolute Gasteiger partial charge is 0.127 e. The molecule has 0 unspecified atom stereocenters. The standard InChI is InChI=1S/C9H7FN/c1-2-8-4-3-7(6-11)5-9(8)10/h3-5H,1-2H2. The second-order valence-corrected chi connectivity index (χ2v) is 2.17. The van der Waals surface area contributed by atoms with Crippen molar-refractivity contribution in [1.29, 1.82) is 5.26 Å². The summed E-state index contributed by atoms with van der Waals surface area (Å²) in [5.74, 6) is -0.348. The summed E-state index contributed by atoms with van der Waals surface area (Å²) in [5.41, 5.74) is 0.892. The Kier molecular flexibility index (Phi) is 2.22. The summed E-state index contributed by atoms with van der Waals surface area (Å²) in [6, 6.07) is 6.25. The van der Waals surface area contributed by atoms with Crippen LogP contribution in [0.5, 0.6) is 0 Å². The minimum atomic E-state index is -0.348. The number of hydrogen-bond donors (Lipinski definition) is 0. The highest BCUT2D eigenvalue weighted by Crippen LogP contribution is 2.09. The maximum absolute atomic E-state index is 12.8. The van der Waals surface area contributed by atoms with Crippen molar-refractivity contribution in [2.24, 2.45) is 0 Å². The van der Waals surface area contributed by atoms with E-state index in [9.17, 15) is 4.39 Å². The molecule has 1 rings (SSSR count). The van der Waals surface area contributed by atoms with Gasteiger partial charge in [-0.05, 0) is 31.0 Å². The molecule has 0 atom stereocenters. The van der Waals surface area contributed by atoms with E-state index in [-0.39, 0.29) is 5.82 Å². The van der Waals surface area contributed by atoms with Crippen LogP contribution in [0.3, 0.4) is 0 Å². The van der Waals surface area contributed by atoms with Crippen LogP contribution in [0.1, 0.15) is 11.1 Å². The number of nitrogens with zero attached hydrogens (tertiary/aromatic N) is 1. The summed E-state index contributed by atoms with van der Waals surface area (Å²) in [4.78, 5) is 0. The van der Waals surface area contributed by atoms with E-state index >= 15 is 0 Å². The highest BCUT2D eigenvalue weighted by atomic mass is 19.1. The fraction of sp³-hybridized carbons (Fsp3) is 0.111. The molecule has 0 bridgehead atoms. The highest BCUT2D eigenvalue weighted by Gasteiger charge is 1.99. The summed E-state index contributed by atoms with van der Waals surface area (Å²) in [6.07, 6.45) is 0.414. The van der Waals surface area contributed by atoms with Crippen molar-refractivity contribution < 1.29 is 4.39 Å². The van der Waals surface area contributed by atoms with Gasteiger partial charge in [-0.3, -0.25) is 0 Å². The van der Waals surface area contributed by atoms with E-state index in [1.54, 1.807) is 12.1 Å². The van der Waals surface area contributed by atoms with E-state index in [1.165, 1.54) is 6.07 Å². The van der Waals surface area contributed by atoms with E-state index in [0.29, 0.717) is 17.5 Å². The molecule has 0 heterocycles. The molecule has 0 aliphatic carbocycles. The minimum absolute atomic E-state index is 0.347. The van der Waals surface area contributed by atoms with Crippen molar-refractivity contribution in [2.75, 3.05) is 0 Å². The molecule has 0 fully saturated rings. The van der Waals surface area contributed by atoms with Crippen molar-refractivity contribution in [3.8, 4) is 6.07 Å². The number of nitriles is 1. The molecule has 0 aliphatic rings. The SMILES string of the molecule is [CH2]Cc1ccc(C#N)cc1F. The van der Waals surface area contributed by atoms with Crippen molar-refractivity contribution in [3.05, 3.63) is 42.1 Å². The third-order valence-corrected chi connectivity index (χ3v) is 1.45. The quantitative estimate of drug-likeness (QED) is 0.598. The Morgan fingerprint density at radius 1 is 1.55 bits per heavy atom. The molecule has 0 saturated heterocycles. The third-order valence-electron chi connectivity index (χ3n) is 1.45. The second kappa shape index (κ2) is 3.16. The van der Waals surface area contributed by atoms with Gasteiger partial charge in [0.2, 0.25) is 0 Å². The number of benzene rings is 1. The number of rotatable bonds is 1. The Bertz CT molecular complexity index is 299. The van der Waals surface area contributed by atoms with Crippen LogP contribution in [0.4, 0.5) is 4.39 Å². The van der Waals surface area contributed by atoms with Gasteiger partial charge in [-0.1, -0.05) is 6.07 Å². The van der Waals surface area contributed by atoms with E-state index in [1.807, 2.05) is 6.07 Å². The van der Waals surface area contributed by atoms with Gasteiger partial charge < -0.3 is 0 Å².